The topological polar surface area (TPSA) is 57.6 Å². The number of benzene rings is 1. The van der Waals surface area contributed by atoms with Crippen LogP contribution in [0.5, 0.6) is 0 Å². The molecule has 0 aliphatic carbocycles. The molecule has 1 amide bonds. The maximum atomic E-state index is 12.6. The smallest absolute Gasteiger partial charge is 0.303 e. The molecule has 1 heterocycles. The number of carboxylic acid groups (broad SMARTS) is 1. The number of carboxylic acids is 1. The van der Waals surface area contributed by atoms with Crippen molar-refractivity contribution in [3.63, 3.8) is 0 Å². The Kier molecular flexibility index (Phi) is 5.39. The van der Waals surface area contributed by atoms with Gasteiger partial charge >= 0.3 is 5.97 Å². The Morgan fingerprint density at radius 3 is 2.86 bits per heavy atom. The number of nitrogens with zero attached hydrogens (tertiary/aromatic N) is 1. The minimum absolute atomic E-state index is 0.0556. The van der Waals surface area contributed by atoms with E-state index in [1.54, 1.807) is 0 Å². The lowest BCUT2D eigenvalue weighted by Crippen LogP contribution is -2.40. The summed E-state index contributed by atoms with van der Waals surface area (Å²) in [5.74, 6) is -0.406. The molecule has 1 aliphatic heterocycles. The van der Waals surface area contributed by atoms with E-state index in [9.17, 15) is 9.59 Å². The van der Waals surface area contributed by atoms with Crippen LogP contribution < -0.4 is 0 Å². The number of aryl methyl sites for hydroxylation is 1. The molecule has 1 N–H and O–H groups in total. The van der Waals surface area contributed by atoms with Crippen LogP contribution in [0.15, 0.2) is 22.7 Å². The Labute approximate surface area is 133 Å². The normalized spacial score (nSPS) is 18.6. The molecule has 0 bridgehead atoms. The van der Waals surface area contributed by atoms with Crippen molar-refractivity contribution in [1.29, 1.82) is 0 Å². The number of likely N-dealkylation sites (tertiary alicyclic amines) is 1. The number of carbonyl (C=O) groups is 2. The van der Waals surface area contributed by atoms with Gasteiger partial charge in [0.2, 0.25) is 0 Å². The number of amides is 1. The number of piperidine rings is 1. The van der Waals surface area contributed by atoms with Crippen LogP contribution in [0.25, 0.3) is 0 Å². The summed E-state index contributed by atoms with van der Waals surface area (Å²) in [5.41, 5.74) is 1.69. The van der Waals surface area contributed by atoms with Gasteiger partial charge in [-0.1, -0.05) is 15.9 Å². The predicted octanol–water partition coefficient (Wildman–Crippen LogP) is 3.47. The minimum Gasteiger partial charge on any atom is -0.481 e. The first-order valence-electron chi connectivity index (χ1n) is 7.24. The molecule has 0 saturated carbocycles. The fraction of sp³-hybridized carbons (Fsp3) is 0.500. The molecule has 1 atom stereocenters. The number of aliphatic carboxylic acids is 1. The Morgan fingerprint density at radius 2 is 2.19 bits per heavy atom. The van der Waals surface area contributed by atoms with Gasteiger partial charge in [-0.3, -0.25) is 9.59 Å². The highest BCUT2D eigenvalue weighted by Gasteiger charge is 2.25. The fourth-order valence-electron chi connectivity index (χ4n) is 2.85. The van der Waals surface area contributed by atoms with Crippen LogP contribution in [0.3, 0.4) is 0 Å². The largest absolute Gasteiger partial charge is 0.481 e. The average Bonchev–Trinajstić information content (AvgIpc) is 2.45. The lowest BCUT2D eigenvalue weighted by atomic mass is 9.92. The van der Waals surface area contributed by atoms with Crippen LogP contribution >= 0.6 is 15.9 Å². The van der Waals surface area contributed by atoms with Gasteiger partial charge in [0.25, 0.3) is 5.91 Å². The maximum Gasteiger partial charge on any atom is 0.303 e. The summed E-state index contributed by atoms with van der Waals surface area (Å²) in [4.78, 5) is 25.1. The molecule has 0 radical (unpaired) electrons. The second-order valence-corrected chi connectivity index (χ2v) is 6.57. The summed E-state index contributed by atoms with van der Waals surface area (Å²) < 4.78 is 0.967. The lowest BCUT2D eigenvalue weighted by molar-refractivity contribution is -0.137. The number of hydrogen-bond donors (Lipinski definition) is 1. The molecule has 5 heteroatoms. The third-order valence-electron chi connectivity index (χ3n) is 3.99. The molecule has 1 aromatic rings. The van der Waals surface area contributed by atoms with Crippen molar-refractivity contribution in [3.8, 4) is 0 Å². The van der Waals surface area contributed by atoms with Gasteiger partial charge in [-0.15, -0.1) is 0 Å². The van der Waals surface area contributed by atoms with E-state index in [0.29, 0.717) is 18.9 Å². The van der Waals surface area contributed by atoms with E-state index in [1.807, 2.05) is 30.0 Å². The SMILES string of the molecule is Cc1cc(Br)ccc1C(=O)N1CCCC(CCC(=O)O)C1. The molecule has 1 aliphatic rings. The Bertz CT molecular complexity index is 544. The van der Waals surface area contributed by atoms with Gasteiger partial charge in [0, 0.05) is 29.5 Å². The Hall–Kier alpha value is -1.36. The Balaban J connectivity index is 2.03. The van der Waals surface area contributed by atoms with Gasteiger partial charge in [0.1, 0.15) is 0 Å². The van der Waals surface area contributed by atoms with E-state index < -0.39 is 5.97 Å². The zero-order valence-electron chi connectivity index (χ0n) is 12.1. The molecule has 1 aromatic carbocycles. The van der Waals surface area contributed by atoms with E-state index in [1.165, 1.54) is 0 Å². The second-order valence-electron chi connectivity index (χ2n) is 5.65. The van der Waals surface area contributed by atoms with Crippen LogP contribution in [-0.2, 0) is 4.79 Å². The van der Waals surface area contributed by atoms with Crippen LogP contribution in [0.2, 0.25) is 0 Å². The molecule has 1 saturated heterocycles. The summed E-state index contributed by atoms with van der Waals surface area (Å²) in [6.45, 7) is 3.36. The number of carbonyl (C=O) groups excluding carboxylic acids is 1. The first-order valence-corrected chi connectivity index (χ1v) is 8.04. The van der Waals surface area contributed by atoms with Gasteiger partial charge < -0.3 is 10.0 Å². The number of rotatable bonds is 4. The van der Waals surface area contributed by atoms with Crippen molar-refractivity contribution in [3.05, 3.63) is 33.8 Å². The van der Waals surface area contributed by atoms with E-state index in [-0.39, 0.29) is 12.3 Å². The molecule has 21 heavy (non-hydrogen) atoms. The highest BCUT2D eigenvalue weighted by atomic mass is 79.9. The first-order chi connectivity index (χ1) is 9.97. The standard InChI is InChI=1S/C16H20BrNO3/c1-11-9-13(17)5-6-14(11)16(21)18-8-2-3-12(10-18)4-7-15(19)20/h5-6,9,12H,2-4,7-8,10H2,1H3,(H,19,20). The lowest BCUT2D eigenvalue weighted by Gasteiger charge is -2.33. The zero-order valence-corrected chi connectivity index (χ0v) is 13.7. The second kappa shape index (κ2) is 7.07. The van der Waals surface area contributed by atoms with Gasteiger partial charge in [-0.2, -0.15) is 0 Å². The molecule has 4 nitrogen and oxygen atoms in total. The molecule has 1 fully saturated rings. The van der Waals surface area contributed by atoms with E-state index in [4.69, 9.17) is 5.11 Å². The molecular formula is C16H20BrNO3. The van der Waals surface area contributed by atoms with Gasteiger partial charge in [0.15, 0.2) is 0 Å². The first kappa shape index (κ1) is 16.0. The third kappa shape index (κ3) is 4.30. The van der Waals surface area contributed by atoms with E-state index in [0.717, 1.165) is 35.0 Å². The summed E-state index contributed by atoms with van der Waals surface area (Å²) in [6, 6.07) is 5.67. The monoisotopic (exact) mass is 353 g/mol. The van der Waals surface area contributed by atoms with Crippen molar-refractivity contribution in [2.45, 2.75) is 32.6 Å². The van der Waals surface area contributed by atoms with Crippen molar-refractivity contribution in [1.82, 2.24) is 4.90 Å². The predicted molar refractivity (Wildman–Crippen MR) is 84.4 cm³/mol. The summed E-state index contributed by atoms with van der Waals surface area (Å²) in [5, 5.41) is 8.77. The van der Waals surface area contributed by atoms with Crippen LogP contribution in [0, 0.1) is 12.8 Å². The van der Waals surface area contributed by atoms with E-state index in [2.05, 4.69) is 15.9 Å². The van der Waals surface area contributed by atoms with Crippen molar-refractivity contribution < 1.29 is 14.7 Å². The van der Waals surface area contributed by atoms with Gasteiger partial charge in [-0.25, -0.2) is 0 Å². The number of halogens is 1. The highest BCUT2D eigenvalue weighted by molar-refractivity contribution is 9.10. The molecule has 0 aromatic heterocycles. The zero-order chi connectivity index (χ0) is 15.4. The van der Waals surface area contributed by atoms with Crippen LogP contribution in [0.1, 0.15) is 41.6 Å². The molecule has 1 unspecified atom stereocenters. The summed E-state index contributed by atoms with van der Waals surface area (Å²) in [7, 11) is 0. The van der Waals surface area contributed by atoms with Gasteiger partial charge in [-0.05, 0) is 55.9 Å². The fourth-order valence-corrected chi connectivity index (χ4v) is 3.33. The van der Waals surface area contributed by atoms with Crippen LogP contribution in [-0.4, -0.2) is 35.0 Å². The molecule has 0 spiro atoms. The molecule has 2 rings (SSSR count). The Morgan fingerprint density at radius 1 is 1.43 bits per heavy atom. The molecular weight excluding hydrogens is 334 g/mol. The average molecular weight is 354 g/mol. The quantitative estimate of drug-likeness (QED) is 0.901. The summed E-state index contributed by atoms with van der Waals surface area (Å²) in [6.07, 6.45) is 2.80. The van der Waals surface area contributed by atoms with Crippen molar-refractivity contribution in [2.24, 2.45) is 5.92 Å². The van der Waals surface area contributed by atoms with Crippen molar-refractivity contribution in [2.75, 3.05) is 13.1 Å². The van der Waals surface area contributed by atoms with Gasteiger partial charge in [0.05, 0.1) is 0 Å². The maximum absolute atomic E-state index is 12.6. The highest BCUT2D eigenvalue weighted by Crippen LogP contribution is 2.24. The molecule has 114 valence electrons. The summed E-state index contributed by atoms with van der Waals surface area (Å²) >= 11 is 3.40. The van der Waals surface area contributed by atoms with Crippen LogP contribution in [0.4, 0.5) is 0 Å². The van der Waals surface area contributed by atoms with E-state index >= 15 is 0 Å². The third-order valence-corrected chi connectivity index (χ3v) is 4.48. The van der Waals surface area contributed by atoms with Crippen molar-refractivity contribution >= 4 is 27.8 Å². The number of hydrogen-bond acceptors (Lipinski definition) is 2. The minimum atomic E-state index is -0.762.